The molecule has 0 heterocycles. The monoisotopic (exact) mass is 455 g/mol. The number of hydrogen-bond acceptors (Lipinski definition) is 5. The first kappa shape index (κ1) is 27.4. The SMILES string of the molecule is COc1ccc(S(=O)(=O)NCCCCNCCNC2CCCCC2)cc1.Cl.Cl. The number of methoxy groups -OCH3 is 1. The van der Waals surface area contributed by atoms with E-state index in [0.29, 0.717) is 18.3 Å². The molecule has 0 aromatic heterocycles. The van der Waals surface area contributed by atoms with Gasteiger partial charge in [0.2, 0.25) is 10.0 Å². The summed E-state index contributed by atoms with van der Waals surface area (Å²) < 4.78 is 32.1. The minimum Gasteiger partial charge on any atom is -0.497 e. The maximum absolute atomic E-state index is 12.2. The van der Waals surface area contributed by atoms with E-state index in [1.54, 1.807) is 31.4 Å². The lowest BCUT2D eigenvalue weighted by atomic mass is 9.95. The van der Waals surface area contributed by atoms with Crippen molar-refractivity contribution in [3.63, 3.8) is 0 Å². The molecule has 1 aromatic rings. The van der Waals surface area contributed by atoms with Gasteiger partial charge in [-0.3, -0.25) is 0 Å². The number of nitrogens with one attached hydrogen (secondary N) is 3. The molecule has 2 rings (SSSR count). The molecule has 1 saturated carbocycles. The van der Waals surface area contributed by atoms with Gasteiger partial charge in [0, 0.05) is 25.7 Å². The Morgan fingerprint density at radius 3 is 2.21 bits per heavy atom. The van der Waals surface area contributed by atoms with Crippen LogP contribution in [0.3, 0.4) is 0 Å². The van der Waals surface area contributed by atoms with E-state index in [2.05, 4.69) is 15.4 Å². The molecule has 0 amide bonds. The van der Waals surface area contributed by atoms with Gasteiger partial charge < -0.3 is 15.4 Å². The molecular formula is C19H35Cl2N3O3S. The summed E-state index contributed by atoms with van der Waals surface area (Å²) in [5.41, 5.74) is 0. The Bertz CT molecular complexity index is 609. The second-order valence-corrected chi connectivity index (χ2v) is 8.59. The number of sulfonamides is 1. The summed E-state index contributed by atoms with van der Waals surface area (Å²) in [7, 11) is -1.88. The molecule has 6 nitrogen and oxygen atoms in total. The van der Waals surface area contributed by atoms with Crippen molar-refractivity contribution in [3.05, 3.63) is 24.3 Å². The van der Waals surface area contributed by atoms with E-state index in [-0.39, 0.29) is 29.7 Å². The first-order chi connectivity index (χ1) is 12.6. The first-order valence-electron chi connectivity index (χ1n) is 9.69. The largest absolute Gasteiger partial charge is 0.497 e. The Kier molecular flexibility index (Phi) is 15.0. The fourth-order valence-electron chi connectivity index (χ4n) is 3.22. The van der Waals surface area contributed by atoms with Gasteiger partial charge in [-0.1, -0.05) is 19.3 Å². The van der Waals surface area contributed by atoms with Gasteiger partial charge in [-0.15, -0.1) is 24.8 Å². The van der Waals surface area contributed by atoms with Crippen LogP contribution >= 0.6 is 24.8 Å². The van der Waals surface area contributed by atoms with Crippen LogP contribution < -0.4 is 20.1 Å². The summed E-state index contributed by atoms with van der Waals surface area (Å²) in [6.07, 6.45) is 8.50. The smallest absolute Gasteiger partial charge is 0.240 e. The lowest BCUT2D eigenvalue weighted by Crippen LogP contribution is -2.36. The summed E-state index contributed by atoms with van der Waals surface area (Å²) in [6.45, 7) is 3.34. The van der Waals surface area contributed by atoms with Crippen molar-refractivity contribution in [2.24, 2.45) is 0 Å². The van der Waals surface area contributed by atoms with Crippen molar-refractivity contribution in [1.82, 2.24) is 15.4 Å². The summed E-state index contributed by atoms with van der Waals surface area (Å²) in [6, 6.07) is 7.13. The van der Waals surface area contributed by atoms with Gasteiger partial charge in [0.25, 0.3) is 0 Å². The fourth-order valence-corrected chi connectivity index (χ4v) is 4.29. The van der Waals surface area contributed by atoms with Gasteiger partial charge in [0.15, 0.2) is 0 Å². The van der Waals surface area contributed by atoms with Gasteiger partial charge in [-0.05, 0) is 56.5 Å². The Morgan fingerprint density at radius 1 is 0.929 bits per heavy atom. The van der Waals surface area contributed by atoms with Crippen LogP contribution in [0, 0.1) is 0 Å². The lowest BCUT2D eigenvalue weighted by Gasteiger charge is -2.22. The third kappa shape index (κ3) is 10.3. The van der Waals surface area contributed by atoms with E-state index < -0.39 is 10.0 Å². The molecule has 164 valence electrons. The fraction of sp³-hybridized carbons (Fsp3) is 0.684. The molecule has 1 fully saturated rings. The van der Waals surface area contributed by atoms with Crippen LogP contribution in [0.1, 0.15) is 44.9 Å². The molecule has 9 heteroatoms. The Morgan fingerprint density at radius 2 is 1.57 bits per heavy atom. The molecule has 3 N–H and O–H groups in total. The molecule has 0 aliphatic heterocycles. The minimum atomic E-state index is -3.44. The number of unbranched alkanes of at least 4 members (excludes halogenated alkanes) is 1. The predicted molar refractivity (Wildman–Crippen MR) is 120 cm³/mol. The van der Waals surface area contributed by atoms with Gasteiger partial charge >= 0.3 is 0 Å². The molecular weight excluding hydrogens is 421 g/mol. The van der Waals surface area contributed by atoms with E-state index in [1.807, 2.05) is 0 Å². The van der Waals surface area contributed by atoms with Crippen LogP contribution in [0.2, 0.25) is 0 Å². The van der Waals surface area contributed by atoms with Crippen molar-refractivity contribution in [2.45, 2.75) is 55.9 Å². The van der Waals surface area contributed by atoms with E-state index >= 15 is 0 Å². The molecule has 0 atom stereocenters. The molecule has 0 radical (unpaired) electrons. The van der Waals surface area contributed by atoms with Crippen LogP contribution in [0.5, 0.6) is 5.75 Å². The highest BCUT2D eigenvalue weighted by molar-refractivity contribution is 7.89. The Labute approximate surface area is 182 Å². The third-order valence-electron chi connectivity index (χ3n) is 4.78. The quantitative estimate of drug-likeness (QED) is 0.422. The second-order valence-electron chi connectivity index (χ2n) is 6.82. The Hall–Kier alpha value is -0.570. The molecule has 1 aliphatic rings. The van der Waals surface area contributed by atoms with Gasteiger partial charge in [-0.2, -0.15) is 0 Å². The second kappa shape index (κ2) is 15.3. The van der Waals surface area contributed by atoms with E-state index in [0.717, 1.165) is 32.5 Å². The molecule has 28 heavy (non-hydrogen) atoms. The number of hydrogen-bond donors (Lipinski definition) is 3. The predicted octanol–water partition coefficient (Wildman–Crippen LogP) is 3.11. The van der Waals surface area contributed by atoms with Crippen LogP contribution in [0.4, 0.5) is 0 Å². The van der Waals surface area contributed by atoms with Crippen molar-refractivity contribution in [1.29, 1.82) is 0 Å². The van der Waals surface area contributed by atoms with Crippen molar-refractivity contribution < 1.29 is 13.2 Å². The van der Waals surface area contributed by atoms with Crippen molar-refractivity contribution in [2.75, 3.05) is 33.3 Å². The minimum absolute atomic E-state index is 0. The number of benzene rings is 1. The van der Waals surface area contributed by atoms with Gasteiger partial charge in [-0.25, -0.2) is 13.1 Å². The first-order valence-corrected chi connectivity index (χ1v) is 11.2. The highest BCUT2D eigenvalue weighted by Gasteiger charge is 2.13. The average molecular weight is 456 g/mol. The molecule has 0 unspecified atom stereocenters. The highest BCUT2D eigenvalue weighted by Crippen LogP contribution is 2.17. The van der Waals surface area contributed by atoms with Crippen molar-refractivity contribution >= 4 is 34.8 Å². The number of ether oxygens (including phenoxy) is 1. The molecule has 1 aliphatic carbocycles. The van der Waals surface area contributed by atoms with Crippen LogP contribution in [-0.4, -0.2) is 47.7 Å². The highest BCUT2D eigenvalue weighted by atomic mass is 35.5. The maximum atomic E-state index is 12.2. The summed E-state index contributed by atoms with van der Waals surface area (Å²) in [5.74, 6) is 0.646. The lowest BCUT2D eigenvalue weighted by molar-refractivity contribution is 0.372. The van der Waals surface area contributed by atoms with Crippen LogP contribution in [0.25, 0.3) is 0 Å². The zero-order chi connectivity index (χ0) is 18.7. The van der Waals surface area contributed by atoms with E-state index in [9.17, 15) is 8.42 Å². The molecule has 0 bridgehead atoms. The van der Waals surface area contributed by atoms with Gasteiger partial charge in [0.05, 0.1) is 12.0 Å². The topological polar surface area (TPSA) is 79.5 Å². The van der Waals surface area contributed by atoms with E-state index in [1.165, 1.54) is 32.1 Å². The molecule has 0 saturated heterocycles. The Balaban J connectivity index is 0.00000364. The zero-order valence-corrected chi connectivity index (χ0v) is 19.1. The van der Waals surface area contributed by atoms with Crippen LogP contribution in [-0.2, 0) is 10.0 Å². The molecule has 1 aromatic carbocycles. The zero-order valence-electron chi connectivity index (χ0n) is 16.6. The normalized spacial score (nSPS) is 14.8. The van der Waals surface area contributed by atoms with Crippen molar-refractivity contribution in [3.8, 4) is 5.75 Å². The van der Waals surface area contributed by atoms with E-state index in [4.69, 9.17) is 4.74 Å². The maximum Gasteiger partial charge on any atom is 0.240 e. The number of halogens is 2. The average Bonchev–Trinajstić information content (AvgIpc) is 2.67. The summed E-state index contributed by atoms with van der Waals surface area (Å²) in [4.78, 5) is 0.269. The summed E-state index contributed by atoms with van der Waals surface area (Å²) >= 11 is 0. The number of rotatable bonds is 12. The third-order valence-corrected chi connectivity index (χ3v) is 6.26. The van der Waals surface area contributed by atoms with Gasteiger partial charge in [0.1, 0.15) is 5.75 Å². The standard InChI is InChI=1S/C19H33N3O3S.2ClH/c1-25-18-9-11-19(12-10-18)26(23,24)22-14-6-5-13-20-15-16-21-17-7-3-2-4-8-17;;/h9-12,17,20-22H,2-8,13-16H2,1H3;2*1H. The molecule has 0 spiro atoms. The van der Waals surface area contributed by atoms with Crippen LogP contribution in [0.15, 0.2) is 29.2 Å². The summed E-state index contributed by atoms with van der Waals surface area (Å²) in [5, 5.41) is 7.02.